The minimum absolute atomic E-state index is 0.0118. The summed E-state index contributed by atoms with van der Waals surface area (Å²) in [4.78, 5) is 43.5. The fraction of sp³-hybridized carbons (Fsp3) is 0.405. The SMILES string of the molecule is CC(C)(C)OC(=O)N[C@@H](Cc1ccc(F)cc1)C(=O)Nc1ncnn2c([C@]3(C#N)O[C@H](COC(=O)Cc4ccccc4)[C@H]4OC(C)(C)O[C@H]43)ccc12. The first kappa shape index (κ1) is 36.4. The normalized spacial score (nSPS) is 22.6. The van der Waals surface area contributed by atoms with Gasteiger partial charge >= 0.3 is 12.1 Å². The summed E-state index contributed by atoms with van der Waals surface area (Å²) in [6.45, 7) is 8.31. The Morgan fingerprint density at radius 2 is 1.75 bits per heavy atom. The van der Waals surface area contributed by atoms with Crippen molar-refractivity contribution in [1.82, 2.24) is 19.9 Å². The molecule has 0 aliphatic carbocycles. The zero-order chi connectivity index (χ0) is 37.3. The van der Waals surface area contributed by atoms with Crippen LogP contribution < -0.4 is 10.6 Å². The first-order valence-electron chi connectivity index (χ1n) is 16.7. The number of hydrogen-bond acceptors (Lipinski definition) is 11. The van der Waals surface area contributed by atoms with Crippen LogP contribution in [0.2, 0.25) is 0 Å². The summed E-state index contributed by atoms with van der Waals surface area (Å²) >= 11 is 0. The lowest BCUT2D eigenvalue weighted by Crippen LogP contribution is -2.47. The average molecular weight is 715 g/mol. The van der Waals surface area contributed by atoms with E-state index in [0.29, 0.717) is 11.1 Å². The molecule has 0 bridgehead atoms. The third-order valence-electron chi connectivity index (χ3n) is 8.43. The van der Waals surface area contributed by atoms with Gasteiger partial charge in [-0.15, -0.1) is 0 Å². The van der Waals surface area contributed by atoms with Gasteiger partial charge in [-0.2, -0.15) is 10.4 Å². The second kappa shape index (κ2) is 14.3. The maximum Gasteiger partial charge on any atom is 0.408 e. The summed E-state index contributed by atoms with van der Waals surface area (Å²) in [6.07, 6.45) is -2.16. The van der Waals surface area contributed by atoms with Gasteiger partial charge < -0.3 is 34.3 Å². The number of aromatic nitrogens is 3. The summed E-state index contributed by atoms with van der Waals surface area (Å²) in [7, 11) is 0. The van der Waals surface area contributed by atoms with E-state index in [1.807, 2.05) is 30.3 Å². The summed E-state index contributed by atoms with van der Waals surface area (Å²) in [6, 6.07) is 19.0. The number of nitrogens with one attached hydrogen (secondary N) is 2. The lowest BCUT2D eigenvalue weighted by atomic mass is 9.92. The molecule has 5 atom stereocenters. The highest BCUT2D eigenvalue weighted by Crippen LogP contribution is 2.49. The lowest BCUT2D eigenvalue weighted by molar-refractivity contribution is -0.206. The zero-order valence-electron chi connectivity index (χ0n) is 29.3. The molecule has 0 unspecified atom stereocenters. The summed E-state index contributed by atoms with van der Waals surface area (Å²) in [5.41, 5.74) is -0.676. The van der Waals surface area contributed by atoms with Crippen LogP contribution in [0.3, 0.4) is 0 Å². The maximum atomic E-state index is 13.7. The number of alkyl carbamates (subject to hydrolysis) is 1. The Balaban J connectivity index is 1.26. The number of carbonyl (C=O) groups excluding carboxylic acids is 3. The van der Waals surface area contributed by atoms with Crippen molar-refractivity contribution in [3.8, 4) is 6.07 Å². The number of nitriles is 1. The third kappa shape index (κ3) is 7.89. The highest BCUT2D eigenvalue weighted by atomic mass is 19.1. The van der Waals surface area contributed by atoms with E-state index < -0.39 is 65.1 Å². The summed E-state index contributed by atoms with van der Waals surface area (Å²) < 4.78 is 44.8. The molecule has 2 aromatic carbocycles. The van der Waals surface area contributed by atoms with Crippen LogP contribution in [0.4, 0.5) is 15.0 Å². The van der Waals surface area contributed by atoms with E-state index in [2.05, 4.69) is 26.8 Å². The number of esters is 1. The third-order valence-corrected chi connectivity index (χ3v) is 8.43. The molecule has 0 radical (unpaired) electrons. The average Bonchev–Trinajstić information content (AvgIpc) is 3.74. The van der Waals surface area contributed by atoms with E-state index in [-0.39, 0.29) is 31.0 Å². The van der Waals surface area contributed by atoms with Gasteiger partial charge in [-0.1, -0.05) is 42.5 Å². The summed E-state index contributed by atoms with van der Waals surface area (Å²) in [5.74, 6) is -2.58. The second-order valence-corrected chi connectivity index (χ2v) is 14.0. The first-order valence-corrected chi connectivity index (χ1v) is 16.7. The van der Waals surface area contributed by atoms with Crippen LogP contribution in [0.1, 0.15) is 51.4 Å². The van der Waals surface area contributed by atoms with Crippen molar-refractivity contribution in [2.75, 3.05) is 11.9 Å². The van der Waals surface area contributed by atoms with Crippen LogP contribution in [-0.2, 0) is 51.7 Å². The Labute approximate surface area is 299 Å². The molecule has 272 valence electrons. The molecular weight excluding hydrogens is 675 g/mol. The molecule has 14 nitrogen and oxygen atoms in total. The predicted octanol–water partition coefficient (Wildman–Crippen LogP) is 4.37. The van der Waals surface area contributed by atoms with Crippen LogP contribution in [0.15, 0.2) is 73.1 Å². The minimum Gasteiger partial charge on any atom is -0.463 e. The molecule has 2 aliphatic rings. The molecule has 15 heteroatoms. The smallest absolute Gasteiger partial charge is 0.408 e. The van der Waals surface area contributed by atoms with E-state index in [4.69, 9.17) is 23.7 Å². The van der Waals surface area contributed by atoms with Gasteiger partial charge in [0.25, 0.3) is 0 Å². The lowest BCUT2D eigenvalue weighted by Gasteiger charge is -2.29. The van der Waals surface area contributed by atoms with Gasteiger partial charge in [-0.3, -0.25) is 9.59 Å². The molecule has 2 N–H and O–H groups in total. The van der Waals surface area contributed by atoms with Gasteiger partial charge in [0, 0.05) is 6.42 Å². The molecule has 6 rings (SSSR count). The van der Waals surface area contributed by atoms with Crippen LogP contribution in [0, 0.1) is 17.1 Å². The Hall–Kier alpha value is -5.43. The van der Waals surface area contributed by atoms with Gasteiger partial charge in [-0.25, -0.2) is 18.7 Å². The van der Waals surface area contributed by atoms with Gasteiger partial charge in [0.15, 0.2) is 11.6 Å². The number of carbonyl (C=O) groups is 3. The van der Waals surface area contributed by atoms with E-state index in [1.165, 1.54) is 35.1 Å². The summed E-state index contributed by atoms with van der Waals surface area (Å²) in [5, 5.41) is 20.5. The maximum absolute atomic E-state index is 13.7. The minimum atomic E-state index is -1.78. The number of fused-ring (bicyclic) bond motifs is 2. The van der Waals surface area contributed by atoms with E-state index >= 15 is 0 Å². The van der Waals surface area contributed by atoms with Crippen molar-refractivity contribution < 1.29 is 42.5 Å². The molecule has 52 heavy (non-hydrogen) atoms. The van der Waals surface area contributed by atoms with Crippen molar-refractivity contribution in [2.24, 2.45) is 0 Å². The molecule has 0 spiro atoms. The largest absolute Gasteiger partial charge is 0.463 e. The molecule has 4 aromatic rings. The molecule has 2 fully saturated rings. The number of halogens is 1. The van der Waals surface area contributed by atoms with Crippen molar-refractivity contribution in [1.29, 1.82) is 5.26 Å². The molecular formula is C37H39FN6O8. The molecule has 0 saturated carbocycles. The van der Waals surface area contributed by atoms with Crippen LogP contribution in [0.5, 0.6) is 0 Å². The molecule has 2 aliphatic heterocycles. The van der Waals surface area contributed by atoms with Gasteiger partial charge in [-0.05, 0) is 70.0 Å². The van der Waals surface area contributed by atoms with Gasteiger partial charge in [0.05, 0.1) is 12.1 Å². The Bertz CT molecular complexity index is 1990. The topological polar surface area (TPSA) is 175 Å². The van der Waals surface area contributed by atoms with Crippen LogP contribution in [0.25, 0.3) is 5.52 Å². The second-order valence-electron chi connectivity index (χ2n) is 14.0. The van der Waals surface area contributed by atoms with E-state index in [9.17, 15) is 24.0 Å². The van der Waals surface area contributed by atoms with Crippen LogP contribution in [-0.4, -0.2) is 74.9 Å². The molecule has 4 heterocycles. The van der Waals surface area contributed by atoms with Crippen molar-refractivity contribution in [2.45, 2.75) is 88.8 Å². The van der Waals surface area contributed by atoms with E-state index in [0.717, 1.165) is 5.56 Å². The van der Waals surface area contributed by atoms with Crippen molar-refractivity contribution >= 4 is 29.3 Å². The number of hydrogen-bond donors (Lipinski definition) is 2. The molecule has 2 aromatic heterocycles. The van der Waals surface area contributed by atoms with Crippen LogP contribution >= 0.6 is 0 Å². The van der Waals surface area contributed by atoms with Gasteiger partial charge in [0.1, 0.15) is 60.3 Å². The highest BCUT2D eigenvalue weighted by Gasteiger charge is 2.65. The van der Waals surface area contributed by atoms with E-state index in [1.54, 1.807) is 46.8 Å². The fourth-order valence-corrected chi connectivity index (χ4v) is 6.25. The monoisotopic (exact) mass is 714 g/mol. The zero-order valence-corrected chi connectivity index (χ0v) is 29.3. The number of benzene rings is 2. The standard InChI is InChI=1S/C37H39FN6O8/c1-35(2,3)52-34(47)42-25(17-23-11-13-24(38)14-12-23)33(46)43-32-26-15-16-28(44(26)41-21-40-32)37(20-39)31-30(50-36(4,5)51-31)27(49-37)19-48-29(45)18-22-9-7-6-8-10-22/h6-16,21,25,27,30-31H,17-19H2,1-5H3,(H,42,47)(H,40,41,43,46)/t25-,27+,30+,31+,37-/m0/s1. The predicted molar refractivity (Wildman–Crippen MR) is 182 cm³/mol. The molecule has 2 amide bonds. The Morgan fingerprint density at radius 1 is 1.02 bits per heavy atom. The molecule has 2 saturated heterocycles. The van der Waals surface area contributed by atoms with Crippen molar-refractivity contribution in [3.05, 3.63) is 95.7 Å². The number of ether oxygens (including phenoxy) is 5. The first-order chi connectivity index (χ1) is 24.7. The number of amides is 2. The number of nitrogens with zero attached hydrogens (tertiary/aromatic N) is 4. The number of rotatable bonds is 10. The van der Waals surface area contributed by atoms with Crippen molar-refractivity contribution in [3.63, 3.8) is 0 Å². The fourth-order valence-electron chi connectivity index (χ4n) is 6.25. The van der Waals surface area contributed by atoms with Gasteiger partial charge in [0.2, 0.25) is 11.5 Å². The Kier molecular flexibility index (Phi) is 10.00. The quantitative estimate of drug-likeness (QED) is 0.223. The number of anilines is 1. The highest BCUT2D eigenvalue weighted by molar-refractivity contribution is 5.98. The Morgan fingerprint density at radius 3 is 2.44 bits per heavy atom.